The van der Waals surface area contributed by atoms with Crippen LogP contribution in [0.15, 0.2) is 36.5 Å². The lowest BCUT2D eigenvalue weighted by Gasteiger charge is -1.89. The van der Waals surface area contributed by atoms with E-state index < -0.39 is 5.97 Å². The molecule has 0 radical (unpaired) electrons. The monoisotopic (exact) mass is 203 g/mol. The molecule has 2 rings (SSSR count). The summed E-state index contributed by atoms with van der Waals surface area (Å²) in [4.78, 5) is 13.4. The van der Waals surface area contributed by atoms with Gasteiger partial charge >= 0.3 is 5.97 Å². The molecule has 2 N–H and O–H groups in total. The lowest BCUT2D eigenvalue weighted by Crippen LogP contribution is -1.84. The Morgan fingerprint density at radius 2 is 2.07 bits per heavy atom. The number of hydrogen-bond donors (Lipinski definition) is 2. The van der Waals surface area contributed by atoms with Crippen molar-refractivity contribution in [2.24, 2.45) is 0 Å². The SMILES string of the molecule is C.O=C(O)/C=C/c1c[nH]c2ccccc12. The topological polar surface area (TPSA) is 53.1 Å². The number of carboxylic acid groups (broad SMARTS) is 1. The summed E-state index contributed by atoms with van der Waals surface area (Å²) in [7, 11) is 0. The van der Waals surface area contributed by atoms with Crippen molar-refractivity contribution >= 4 is 22.9 Å². The molecule has 0 atom stereocenters. The van der Waals surface area contributed by atoms with Gasteiger partial charge in [0.2, 0.25) is 0 Å². The minimum atomic E-state index is -0.935. The maximum absolute atomic E-state index is 10.3. The summed E-state index contributed by atoms with van der Waals surface area (Å²) in [5, 5.41) is 9.52. The summed E-state index contributed by atoms with van der Waals surface area (Å²) in [6.07, 6.45) is 4.51. The van der Waals surface area contributed by atoms with Crippen LogP contribution in [-0.4, -0.2) is 16.1 Å². The van der Waals surface area contributed by atoms with Gasteiger partial charge < -0.3 is 10.1 Å². The Morgan fingerprint density at radius 1 is 1.33 bits per heavy atom. The minimum Gasteiger partial charge on any atom is -0.478 e. The highest BCUT2D eigenvalue weighted by Gasteiger charge is 1.98. The van der Waals surface area contributed by atoms with E-state index in [0.717, 1.165) is 22.5 Å². The number of para-hydroxylation sites is 1. The third kappa shape index (κ3) is 2.26. The fourth-order valence-electron chi connectivity index (χ4n) is 1.39. The van der Waals surface area contributed by atoms with Crippen molar-refractivity contribution in [3.8, 4) is 0 Å². The summed E-state index contributed by atoms with van der Waals surface area (Å²) in [6, 6.07) is 7.76. The molecule has 1 aromatic carbocycles. The summed E-state index contributed by atoms with van der Waals surface area (Å²) < 4.78 is 0. The zero-order valence-electron chi connectivity index (χ0n) is 7.40. The molecule has 15 heavy (non-hydrogen) atoms. The molecule has 0 bridgehead atoms. The van der Waals surface area contributed by atoms with Crippen molar-refractivity contribution in [2.45, 2.75) is 7.43 Å². The molecular weight excluding hydrogens is 190 g/mol. The van der Waals surface area contributed by atoms with Crippen LogP contribution in [0.5, 0.6) is 0 Å². The van der Waals surface area contributed by atoms with Gasteiger partial charge in [-0.2, -0.15) is 0 Å². The predicted octanol–water partition coefficient (Wildman–Crippen LogP) is 2.90. The van der Waals surface area contributed by atoms with E-state index >= 15 is 0 Å². The number of carbonyl (C=O) groups is 1. The molecule has 3 heteroatoms. The lowest BCUT2D eigenvalue weighted by molar-refractivity contribution is -0.131. The fraction of sp³-hybridized carbons (Fsp3) is 0.0833. The van der Waals surface area contributed by atoms with Gasteiger partial charge in [-0.15, -0.1) is 0 Å². The first-order valence-electron chi connectivity index (χ1n) is 4.24. The number of benzene rings is 1. The van der Waals surface area contributed by atoms with Gasteiger partial charge in [0.05, 0.1) is 0 Å². The van der Waals surface area contributed by atoms with E-state index in [0.29, 0.717) is 0 Å². The Balaban J connectivity index is 0.00000112. The Hall–Kier alpha value is -2.03. The van der Waals surface area contributed by atoms with Crippen LogP contribution < -0.4 is 0 Å². The zero-order chi connectivity index (χ0) is 9.97. The van der Waals surface area contributed by atoms with E-state index in [-0.39, 0.29) is 7.43 Å². The van der Waals surface area contributed by atoms with E-state index in [1.54, 1.807) is 12.3 Å². The standard InChI is InChI=1S/C11H9NO2.CH4/c13-11(14)6-5-8-7-12-10-4-2-1-3-9(8)10;/h1-7,12H,(H,13,14);1H4/b6-5+;. The average Bonchev–Trinajstić information content (AvgIpc) is 2.58. The highest BCUT2D eigenvalue weighted by atomic mass is 16.4. The number of fused-ring (bicyclic) bond motifs is 1. The summed E-state index contributed by atoms with van der Waals surface area (Å²) in [6.45, 7) is 0. The highest BCUT2D eigenvalue weighted by Crippen LogP contribution is 2.18. The quantitative estimate of drug-likeness (QED) is 0.737. The molecule has 1 heterocycles. The first-order chi connectivity index (χ1) is 6.77. The molecule has 0 spiro atoms. The van der Waals surface area contributed by atoms with E-state index in [9.17, 15) is 4.79 Å². The number of carboxylic acids is 1. The molecule has 0 fully saturated rings. The molecular formula is C12H13NO2. The van der Waals surface area contributed by atoms with Crippen molar-refractivity contribution in [3.05, 3.63) is 42.1 Å². The Bertz CT molecular complexity index is 497. The van der Waals surface area contributed by atoms with Crippen LogP contribution in [0.25, 0.3) is 17.0 Å². The second-order valence-corrected chi connectivity index (χ2v) is 2.96. The molecule has 3 nitrogen and oxygen atoms in total. The van der Waals surface area contributed by atoms with Gasteiger partial charge in [-0.05, 0) is 17.7 Å². The van der Waals surface area contributed by atoms with E-state index in [4.69, 9.17) is 5.11 Å². The Morgan fingerprint density at radius 3 is 2.80 bits per heavy atom. The van der Waals surface area contributed by atoms with E-state index in [1.807, 2.05) is 24.3 Å². The normalized spacial score (nSPS) is 10.4. The van der Waals surface area contributed by atoms with E-state index in [1.165, 1.54) is 0 Å². The van der Waals surface area contributed by atoms with Crippen LogP contribution in [0.3, 0.4) is 0 Å². The van der Waals surface area contributed by atoms with Crippen LogP contribution in [0.1, 0.15) is 13.0 Å². The lowest BCUT2D eigenvalue weighted by atomic mass is 10.1. The average molecular weight is 203 g/mol. The number of nitrogens with one attached hydrogen (secondary N) is 1. The van der Waals surface area contributed by atoms with Crippen molar-refractivity contribution < 1.29 is 9.90 Å². The number of H-pyrrole nitrogens is 1. The highest BCUT2D eigenvalue weighted by molar-refractivity contribution is 5.93. The number of aromatic amines is 1. The fourth-order valence-corrected chi connectivity index (χ4v) is 1.39. The number of aliphatic carboxylic acids is 1. The maximum Gasteiger partial charge on any atom is 0.328 e. The molecule has 0 saturated heterocycles. The third-order valence-electron chi connectivity index (χ3n) is 2.03. The van der Waals surface area contributed by atoms with Gasteiger partial charge in [0, 0.05) is 23.2 Å². The van der Waals surface area contributed by atoms with Gasteiger partial charge in [-0.1, -0.05) is 25.6 Å². The second-order valence-electron chi connectivity index (χ2n) is 2.96. The molecule has 0 saturated carbocycles. The predicted molar refractivity (Wildman–Crippen MR) is 61.7 cm³/mol. The largest absolute Gasteiger partial charge is 0.478 e. The van der Waals surface area contributed by atoms with Gasteiger partial charge in [-0.3, -0.25) is 0 Å². The van der Waals surface area contributed by atoms with Crippen molar-refractivity contribution in [2.75, 3.05) is 0 Å². The first-order valence-corrected chi connectivity index (χ1v) is 4.24. The van der Waals surface area contributed by atoms with E-state index in [2.05, 4.69) is 4.98 Å². The molecule has 2 aromatic rings. The number of rotatable bonds is 2. The Kier molecular flexibility index (Phi) is 3.29. The van der Waals surface area contributed by atoms with Crippen LogP contribution >= 0.6 is 0 Å². The second kappa shape index (κ2) is 4.46. The van der Waals surface area contributed by atoms with Crippen LogP contribution in [0, 0.1) is 0 Å². The number of hydrogen-bond acceptors (Lipinski definition) is 1. The molecule has 0 amide bonds. The molecule has 0 aliphatic heterocycles. The summed E-state index contributed by atoms with van der Waals surface area (Å²) in [5.74, 6) is -0.935. The van der Waals surface area contributed by atoms with Gasteiger partial charge in [0.15, 0.2) is 0 Å². The maximum atomic E-state index is 10.3. The first kappa shape index (κ1) is 11.0. The van der Waals surface area contributed by atoms with Gasteiger partial charge in [0.25, 0.3) is 0 Å². The number of aromatic nitrogens is 1. The van der Waals surface area contributed by atoms with Crippen LogP contribution in [0.4, 0.5) is 0 Å². The van der Waals surface area contributed by atoms with Gasteiger partial charge in [0.1, 0.15) is 0 Å². The zero-order valence-corrected chi connectivity index (χ0v) is 7.40. The third-order valence-corrected chi connectivity index (χ3v) is 2.03. The van der Waals surface area contributed by atoms with Crippen LogP contribution in [0.2, 0.25) is 0 Å². The molecule has 0 aliphatic carbocycles. The van der Waals surface area contributed by atoms with Crippen molar-refractivity contribution in [1.82, 2.24) is 4.98 Å². The minimum absolute atomic E-state index is 0. The molecule has 0 aliphatic rings. The van der Waals surface area contributed by atoms with Gasteiger partial charge in [-0.25, -0.2) is 4.79 Å². The summed E-state index contributed by atoms with van der Waals surface area (Å²) in [5.41, 5.74) is 1.90. The molecule has 78 valence electrons. The van der Waals surface area contributed by atoms with Crippen molar-refractivity contribution in [1.29, 1.82) is 0 Å². The molecule has 0 unspecified atom stereocenters. The smallest absolute Gasteiger partial charge is 0.328 e. The Labute approximate surface area is 88.1 Å². The van der Waals surface area contributed by atoms with Crippen molar-refractivity contribution in [3.63, 3.8) is 0 Å². The molecule has 1 aromatic heterocycles. The van der Waals surface area contributed by atoms with Crippen LogP contribution in [-0.2, 0) is 4.79 Å². The summed E-state index contributed by atoms with van der Waals surface area (Å²) >= 11 is 0.